The molecule has 15 heavy (non-hydrogen) atoms. The van der Waals surface area contributed by atoms with Crippen LogP contribution in [0.15, 0.2) is 18.2 Å². The molecule has 80 valence electrons. The summed E-state index contributed by atoms with van der Waals surface area (Å²) in [5, 5.41) is 8.81. The molecule has 1 aromatic heterocycles. The number of halogens is 1. The summed E-state index contributed by atoms with van der Waals surface area (Å²) in [7, 11) is 0. The van der Waals surface area contributed by atoms with Crippen LogP contribution in [0.3, 0.4) is 0 Å². The van der Waals surface area contributed by atoms with E-state index in [1.54, 1.807) is 17.0 Å². The Balaban J connectivity index is 2.11. The van der Waals surface area contributed by atoms with Crippen molar-refractivity contribution in [3.05, 3.63) is 24.1 Å². The Kier molecular flexibility index (Phi) is 2.53. The van der Waals surface area contributed by atoms with Crippen molar-refractivity contribution in [3.63, 3.8) is 0 Å². The van der Waals surface area contributed by atoms with Crippen LogP contribution in [0.1, 0.15) is 6.42 Å². The normalized spacial score (nSPS) is 20.6. The minimum atomic E-state index is -0.797. The molecule has 0 aromatic carbocycles. The summed E-state index contributed by atoms with van der Waals surface area (Å²) in [5.74, 6) is -1.19. The molecule has 1 aliphatic heterocycles. The lowest BCUT2D eigenvalue weighted by atomic mass is 10.1. The van der Waals surface area contributed by atoms with Crippen LogP contribution in [0.25, 0.3) is 0 Å². The van der Waals surface area contributed by atoms with Crippen molar-refractivity contribution in [1.29, 1.82) is 0 Å². The number of rotatable bonds is 2. The summed E-state index contributed by atoms with van der Waals surface area (Å²) >= 11 is 0. The first-order valence-corrected chi connectivity index (χ1v) is 4.77. The van der Waals surface area contributed by atoms with Gasteiger partial charge in [0.2, 0.25) is 5.95 Å². The Bertz CT molecular complexity index is 383. The maximum Gasteiger partial charge on any atom is 0.308 e. The SMILES string of the molecule is O=C(O)[C@H]1CCN(c2cccc(F)n2)C1. The van der Waals surface area contributed by atoms with Crippen LogP contribution in [0.5, 0.6) is 0 Å². The van der Waals surface area contributed by atoms with Crippen LogP contribution in [0.4, 0.5) is 10.2 Å². The molecule has 2 heterocycles. The fourth-order valence-electron chi connectivity index (χ4n) is 1.74. The van der Waals surface area contributed by atoms with E-state index in [0.717, 1.165) is 0 Å². The van der Waals surface area contributed by atoms with Crippen molar-refractivity contribution < 1.29 is 14.3 Å². The third-order valence-electron chi connectivity index (χ3n) is 2.56. The van der Waals surface area contributed by atoms with E-state index in [9.17, 15) is 9.18 Å². The molecule has 1 atom stereocenters. The van der Waals surface area contributed by atoms with Gasteiger partial charge in [0.05, 0.1) is 5.92 Å². The molecule has 0 unspecified atom stereocenters. The molecule has 1 N–H and O–H groups in total. The van der Waals surface area contributed by atoms with Crippen molar-refractivity contribution in [3.8, 4) is 0 Å². The van der Waals surface area contributed by atoms with Crippen molar-refractivity contribution in [2.24, 2.45) is 5.92 Å². The number of carboxylic acid groups (broad SMARTS) is 1. The van der Waals surface area contributed by atoms with Gasteiger partial charge in [-0.1, -0.05) is 6.07 Å². The molecule has 0 bridgehead atoms. The third-order valence-corrected chi connectivity index (χ3v) is 2.56. The molecule has 1 aromatic rings. The first-order chi connectivity index (χ1) is 7.16. The van der Waals surface area contributed by atoms with Gasteiger partial charge in [0.1, 0.15) is 5.82 Å². The maximum absolute atomic E-state index is 12.8. The van der Waals surface area contributed by atoms with Gasteiger partial charge in [-0.25, -0.2) is 4.98 Å². The van der Waals surface area contributed by atoms with E-state index in [1.807, 2.05) is 0 Å². The lowest BCUT2D eigenvalue weighted by Crippen LogP contribution is -2.23. The minimum Gasteiger partial charge on any atom is -0.481 e. The van der Waals surface area contributed by atoms with Gasteiger partial charge in [-0.15, -0.1) is 0 Å². The topological polar surface area (TPSA) is 53.4 Å². The number of anilines is 1. The quantitative estimate of drug-likeness (QED) is 0.743. The zero-order chi connectivity index (χ0) is 10.8. The fraction of sp³-hybridized carbons (Fsp3) is 0.400. The molecule has 0 radical (unpaired) electrons. The zero-order valence-electron chi connectivity index (χ0n) is 8.06. The van der Waals surface area contributed by atoms with Crippen LogP contribution in [-0.4, -0.2) is 29.1 Å². The summed E-state index contributed by atoms with van der Waals surface area (Å²) in [6, 6.07) is 4.54. The van der Waals surface area contributed by atoms with E-state index in [0.29, 0.717) is 25.3 Å². The highest BCUT2D eigenvalue weighted by Gasteiger charge is 2.28. The van der Waals surface area contributed by atoms with E-state index in [-0.39, 0.29) is 5.92 Å². The average Bonchev–Trinajstić information content (AvgIpc) is 2.66. The van der Waals surface area contributed by atoms with Crippen molar-refractivity contribution >= 4 is 11.8 Å². The zero-order valence-corrected chi connectivity index (χ0v) is 8.06. The van der Waals surface area contributed by atoms with E-state index >= 15 is 0 Å². The molecule has 1 fully saturated rings. The smallest absolute Gasteiger partial charge is 0.308 e. The van der Waals surface area contributed by atoms with Gasteiger partial charge in [-0.2, -0.15) is 4.39 Å². The van der Waals surface area contributed by atoms with Gasteiger partial charge >= 0.3 is 5.97 Å². The average molecular weight is 210 g/mol. The van der Waals surface area contributed by atoms with Crippen LogP contribution in [0, 0.1) is 11.9 Å². The second-order valence-electron chi connectivity index (χ2n) is 3.59. The van der Waals surface area contributed by atoms with Gasteiger partial charge in [-0.3, -0.25) is 4.79 Å². The van der Waals surface area contributed by atoms with Crippen LogP contribution in [-0.2, 0) is 4.79 Å². The largest absolute Gasteiger partial charge is 0.481 e. The third kappa shape index (κ3) is 2.06. The molecular weight excluding hydrogens is 199 g/mol. The molecule has 5 heteroatoms. The number of aromatic nitrogens is 1. The summed E-state index contributed by atoms with van der Waals surface area (Å²) in [6.45, 7) is 1.03. The predicted molar refractivity (Wildman–Crippen MR) is 52.2 cm³/mol. The Hall–Kier alpha value is -1.65. The number of carboxylic acids is 1. The Morgan fingerprint density at radius 1 is 1.60 bits per heavy atom. The Morgan fingerprint density at radius 2 is 2.40 bits per heavy atom. The molecular formula is C10H11FN2O2. The molecule has 4 nitrogen and oxygen atoms in total. The number of pyridine rings is 1. The fourth-order valence-corrected chi connectivity index (χ4v) is 1.74. The monoisotopic (exact) mass is 210 g/mol. The van der Waals surface area contributed by atoms with Crippen LogP contribution >= 0.6 is 0 Å². The summed E-state index contributed by atoms with van der Waals surface area (Å²) < 4.78 is 12.8. The summed E-state index contributed by atoms with van der Waals surface area (Å²) in [4.78, 5) is 16.2. The highest BCUT2D eigenvalue weighted by molar-refractivity contribution is 5.71. The first kappa shape index (κ1) is 9.89. The van der Waals surface area contributed by atoms with Gasteiger partial charge in [-0.05, 0) is 18.6 Å². The van der Waals surface area contributed by atoms with Gasteiger partial charge < -0.3 is 10.0 Å². The molecule has 0 amide bonds. The Labute approximate surface area is 86.4 Å². The first-order valence-electron chi connectivity index (χ1n) is 4.77. The molecule has 1 aliphatic rings. The second kappa shape index (κ2) is 3.84. The second-order valence-corrected chi connectivity index (χ2v) is 3.59. The molecule has 0 saturated carbocycles. The number of hydrogen-bond acceptors (Lipinski definition) is 3. The maximum atomic E-state index is 12.8. The minimum absolute atomic E-state index is 0.366. The number of hydrogen-bond donors (Lipinski definition) is 1. The number of carbonyl (C=O) groups is 1. The van der Waals surface area contributed by atoms with Crippen molar-refractivity contribution in [2.45, 2.75) is 6.42 Å². The lowest BCUT2D eigenvalue weighted by molar-refractivity contribution is -0.140. The van der Waals surface area contributed by atoms with Gasteiger partial charge in [0.15, 0.2) is 0 Å². The molecule has 0 spiro atoms. The highest BCUT2D eigenvalue weighted by atomic mass is 19.1. The standard InChI is InChI=1S/C10H11FN2O2/c11-8-2-1-3-9(12-8)13-5-4-7(6-13)10(14)15/h1-3,7H,4-6H2,(H,14,15)/t7-/m0/s1. The Morgan fingerprint density at radius 3 is 3.00 bits per heavy atom. The van der Waals surface area contributed by atoms with E-state index in [4.69, 9.17) is 5.11 Å². The van der Waals surface area contributed by atoms with Crippen molar-refractivity contribution in [2.75, 3.05) is 18.0 Å². The molecule has 1 saturated heterocycles. The summed E-state index contributed by atoms with van der Waals surface area (Å²) in [5.41, 5.74) is 0. The highest BCUT2D eigenvalue weighted by Crippen LogP contribution is 2.22. The van der Waals surface area contributed by atoms with Crippen LogP contribution in [0.2, 0.25) is 0 Å². The predicted octanol–water partition coefficient (Wildman–Crippen LogP) is 1.13. The lowest BCUT2D eigenvalue weighted by Gasteiger charge is -2.16. The van der Waals surface area contributed by atoms with E-state index < -0.39 is 11.9 Å². The summed E-state index contributed by atoms with van der Waals surface area (Å²) in [6.07, 6.45) is 0.591. The van der Waals surface area contributed by atoms with Crippen LogP contribution < -0.4 is 4.90 Å². The molecule has 0 aliphatic carbocycles. The van der Waals surface area contributed by atoms with E-state index in [1.165, 1.54) is 6.07 Å². The van der Waals surface area contributed by atoms with Gasteiger partial charge in [0.25, 0.3) is 0 Å². The van der Waals surface area contributed by atoms with E-state index in [2.05, 4.69) is 4.98 Å². The number of aliphatic carboxylic acids is 1. The van der Waals surface area contributed by atoms with Gasteiger partial charge in [0, 0.05) is 13.1 Å². The number of nitrogens with zero attached hydrogens (tertiary/aromatic N) is 2. The van der Waals surface area contributed by atoms with Crippen molar-refractivity contribution in [1.82, 2.24) is 4.98 Å². The molecule has 2 rings (SSSR count).